The maximum absolute atomic E-state index is 14.1. The Hall–Kier alpha value is -3.59. The molecule has 0 aliphatic heterocycles. The van der Waals surface area contributed by atoms with Gasteiger partial charge in [-0.15, -0.1) is 0 Å². The van der Waals surface area contributed by atoms with E-state index >= 15 is 0 Å². The highest BCUT2D eigenvalue weighted by molar-refractivity contribution is 6.34. The monoisotopic (exact) mass is 439 g/mol. The van der Waals surface area contributed by atoms with Crippen molar-refractivity contribution in [1.29, 1.82) is 0 Å². The number of benzene rings is 1. The van der Waals surface area contributed by atoms with Gasteiger partial charge < -0.3 is 10.3 Å². The van der Waals surface area contributed by atoms with Gasteiger partial charge in [-0.1, -0.05) is 11.6 Å². The predicted octanol–water partition coefficient (Wildman–Crippen LogP) is 5.08. The van der Waals surface area contributed by atoms with Gasteiger partial charge in [0.25, 0.3) is 0 Å². The standard InChI is InChI=1S/C21H16ClF2N7/c1-10(30-21-18-20(27-8-26-18)28-9-29-21)15-6-16(22)17-7-25-11(2)31(17)19(15)12-3-13(23)5-14(24)4-12/h3-10H,1-2H3,(H2,26,27,28,29,30). The van der Waals surface area contributed by atoms with Gasteiger partial charge in [0, 0.05) is 17.2 Å². The summed E-state index contributed by atoms with van der Waals surface area (Å²) in [4.78, 5) is 19.9. The highest BCUT2D eigenvalue weighted by atomic mass is 35.5. The van der Waals surface area contributed by atoms with Crippen molar-refractivity contribution >= 4 is 34.1 Å². The number of rotatable bonds is 4. The van der Waals surface area contributed by atoms with Gasteiger partial charge in [0.1, 0.15) is 29.3 Å². The SMILES string of the molecule is Cc1ncc2c(Cl)cc(C(C)Nc3ncnc4nc[nH]c34)c(-c3cc(F)cc(F)c3)n12. The molecule has 0 radical (unpaired) electrons. The maximum atomic E-state index is 14.1. The van der Waals surface area contributed by atoms with Gasteiger partial charge in [-0.25, -0.2) is 28.7 Å². The number of imidazole rings is 2. The minimum absolute atomic E-state index is 0.341. The normalized spacial score (nSPS) is 12.5. The van der Waals surface area contributed by atoms with Crippen LogP contribution >= 0.6 is 11.6 Å². The molecule has 5 rings (SSSR count). The van der Waals surface area contributed by atoms with Crippen molar-refractivity contribution < 1.29 is 8.78 Å². The molecule has 0 saturated carbocycles. The molecule has 7 nitrogen and oxygen atoms in total. The van der Waals surface area contributed by atoms with Gasteiger partial charge in [0.2, 0.25) is 0 Å². The number of nitrogens with one attached hydrogen (secondary N) is 2. The van der Waals surface area contributed by atoms with E-state index in [1.165, 1.54) is 24.8 Å². The number of halogens is 3. The van der Waals surface area contributed by atoms with Crippen molar-refractivity contribution in [2.24, 2.45) is 0 Å². The quantitative estimate of drug-likeness (QED) is 0.408. The largest absolute Gasteiger partial charge is 0.362 e. The second-order valence-electron chi connectivity index (χ2n) is 7.17. The van der Waals surface area contributed by atoms with Gasteiger partial charge >= 0.3 is 0 Å². The molecule has 1 aromatic carbocycles. The molecule has 0 aliphatic rings. The number of H-pyrrole nitrogens is 1. The van der Waals surface area contributed by atoms with E-state index < -0.39 is 11.6 Å². The number of aromatic nitrogens is 6. The third-order valence-corrected chi connectivity index (χ3v) is 5.44. The lowest BCUT2D eigenvalue weighted by atomic mass is 9.99. The zero-order valence-electron chi connectivity index (χ0n) is 16.5. The van der Waals surface area contributed by atoms with Crippen LogP contribution in [-0.2, 0) is 0 Å². The number of pyridine rings is 1. The van der Waals surface area contributed by atoms with Gasteiger partial charge in [0.05, 0.1) is 34.8 Å². The minimum atomic E-state index is -0.669. The lowest BCUT2D eigenvalue weighted by molar-refractivity contribution is 0.584. The van der Waals surface area contributed by atoms with E-state index in [0.29, 0.717) is 44.6 Å². The molecule has 5 aromatic rings. The Morgan fingerprint density at radius 3 is 2.61 bits per heavy atom. The van der Waals surface area contributed by atoms with E-state index in [9.17, 15) is 8.78 Å². The van der Waals surface area contributed by atoms with Crippen molar-refractivity contribution in [2.75, 3.05) is 5.32 Å². The van der Waals surface area contributed by atoms with E-state index in [1.807, 2.05) is 13.8 Å². The average molecular weight is 440 g/mol. The van der Waals surface area contributed by atoms with Crippen molar-refractivity contribution in [2.45, 2.75) is 19.9 Å². The Bertz CT molecular complexity index is 1420. The second kappa shape index (κ2) is 7.28. The van der Waals surface area contributed by atoms with Gasteiger partial charge in [-0.05, 0) is 32.0 Å². The first-order valence-electron chi connectivity index (χ1n) is 9.46. The minimum Gasteiger partial charge on any atom is -0.362 e. The number of fused-ring (bicyclic) bond motifs is 2. The molecular weight excluding hydrogens is 424 g/mol. The summed E-state index contributed by atoms with van der Waals surface area (Å²) in [5.74, 6) is -0.150. The van der Waals surface area contributed by atoms with Gasteiger partial charge in [-0.3, -0.25) is 4.40 Å². The Morgan fingerprint density at radius 1 is 1.06 bits per heavy atom. The molecule has 0 saturated heterocycles. The first-order valence-corrected chi connectivity index (χ1v) is 9.83. The third-order valence-electron chi connectivity index (χ3n) is 5.14. The zero-order chi connectivity index (χ0) is 21.7. The van der Waals surface area contributed by atoms with Crippen LogP contribution in [0.1, 0.15) is 24.4 Å². The smallest absolute Gasteiger partial charge is 0.182 e. The van der Waals surface area contributed by atoms with Crippen molar-refractivity contribution in [3.63, 3.8) is 0 Å². The van der Waals surface area contributed by atoms with E-state index in [4.69, 9.17) is 11.6 Å². The molecule has 0 fully saturated rings. The summed E-state index contributed by atoms with van der Waals surface area (Å²) in [5.41, 5.74) is 3.50. The summed E-state index contributed by atoms with van der Waals surface area (Å²) in [6.07, 6.45) is 4.59. The van der Waals surface area contributed by atoms with E-state index in [0.717, 1.165) is 11.6 Å². The average Bonchev–Trinajstić information content (AvgIpc) is 3.35. The lowest BCUT2D eigenvalue weighted by Gasteiger charge is -2.21. The van der Waals surface area contributed by atoms with Crippen molar-refractivity contribution in [1.82, 2.24) is 29.3 Å². The zero-order valence-corrected chi connectivity index (χ0v) is 17.2. The number of aromatic amines is 1. The molecule has 31 heavy (non-hydrogen) atoms. The Kier molecular flexibility index (Phi) is 4.55. The van der Waals surface area contributed by atoms with Gasteiger partial charge in [0.15, 0.2) is 11.5 Å². The van der Waals surface area contributed by atoms with Crippen LogP contribution in [-0.4, -0.2) is 29.3 Å². The number of hydrogen-bond acceptors (Lipinski definition) is 5. The first-order chi connectivity index (χ1) is 14.9. The van der Waals surface area contributed by atoms with Crippen LogP contribution in [0.25, 0.3) is 27.9 Å². The number of nitrogens with zero attached hydrogens (tertiary/aromatic N) is 5. The molecule has 10 heteroatoms. The highest BCUT2D eigenvalue weighted by Gasteiger charge is 2.21. The van der Waals surface area contributed by atoms with Crippen molar-refractivity contribution in [3.8, 4) is 11.3 Å². The summed E-state index contributed by atoms with van der Waals surface area (Å²) in [7, 11) is 0. The van der Waals surface area contributed by atoms with Crippen LogP contribution < -0.4 is 5.32 Å². The Balaban J connectivity index is 1.72. The summed E-state index contributed by atoms with van der Waals surface area (Å²) in [6.45, 7) is 3.72. The number of anilines is 1. The van der Waals surface area contributed by atoms with Crippen LogP contribution in [0.15, 0.2) is 43.1 Å². The highest BCUT2D eigenvalue weighted by Crippen LogP contribution is 2.36. The fourth-order valence-electron chi connectivity index (χ4n) is 3.78. The van der Waals surface area contributed by atoms with E-state index in [1.54, 1.807) is 16.7 Å². The summed E-state index contributed by atoms with van der Waals surface area (Å²) in [5, 5.41) is 3.80. The Labute approximate surface area is 180 Å². The summed E-state index contributed by atoms with van der Waals surface area (Å²) < 4.78 is 30.0. The molecule has 156 valence electrons. The molecule has 0 bridgehead atoms. The maximum Gasteiger partial charge on any atom is 0.182 e. The fraction of sp³-hybridized carbons (Fsp3) is 0.143. The van der Waals surface area contributed by atoms with Gasteiger partial charge in [-0.2, -0.15) is 0 Å². The fourth-order valence-corrected chi connectivity index (χ4v) is 4.03. The topological polar surface area (TPSA) is 83.8 Å². The van der Waals surface area contributed by atoms with Crippen LogP contribution in [0.4, 0.5) is 14.6 Å². The molecule has 2 N–H and O–H groups in total. The molecule has 4 heterocycles. The molecule has 0 spiro atoms. The second-order valence-corrected chi connectivity index (χ2v) is 7.58. The molecule has 4 aromatic heterocycles. The third kappa shape index (κ3) is 3.27. The van der Waals surface area contributed by atoms with Crippen molar-refractivity contribution in [3.05, 3.63) is 71.2 Å². The van der Waals surface area contributed by atoms with Crippen LogP contribution in [0.5, 0.6) is 0 Å². The summed E-state index contributed by atoms with van der Waals surface area (Å²) >= 11 is 6.54. The number of aryl methyl sites for hydroxylation is 1. The number of hydrogen-bond donors (Lipinski definition) is 2. The van der Waals surface area contributed by atoms with Crippen LogP contribution in [0, 0.1) is 18.6 Å². The van der Waals surface area contributed by atoms with E-state index in [-0.39, 0.29) is 6.04 Å². The molecule has 1 unspecified atom stereocenters. The first kappa shape index (κ1) is 19.4. The lowest BCUT2D eigenvalue weighted by Crippen LogP contribution is -2.12. The van der Waals surface area contributed by atoms with E-state index in [2.05, 4.69) is 30.2 Å². The molecular formula is C21H16ClF2N7. The predicted molar refractivity (Wildman–Crippen MR) is 114 cm³/mol. The molecule has 0 amide bonds. The van der Waals surface area contributed by atoms with Crippen LogP contribution in [0.3, 0.4) is 0 Å². The van der Waals surface area contributed by atoms with Crippen LogP contribution in [0.2, 0.25) is 5.02 Å². The molecule has 0 aliphatic carbocycles. The molecule has 1 atom stereocenters. The Morgan fingerprint density at radius 2 is 1.84 bits per heavy atom. The summed E-state index contributed by atoms with van der Waals surface area (Å²) in [6, 6.07) is 4.86.